The lowest BCUT2D eigenvalue weighted by atomic mass is 9.95. The number of halogens is 9. The molecular weight excluding hydrogens is 622 g/mol. The molecule has 1 amide bonds. The van der Waals surface area contributed by atoms with Crippen LogP contribution in [0.5, 0.6) is 0 Å². The van der Waals surface area contributed by atoms with Crippen molar-refractivity contribution in [1.29, 1.82) is 0 Å². The van der Waals surface area contributed by atoms with Crippen LogP contribution in [-0.2, 0) is 18.8 Å². The zero-order chi connectivity index (χ0) is 31.5. The molecule has 1 heterocycles. The molecule has 4 aromatic rings. The van der Waals surface area contributed by atoms with Crippen LogP contribution >= 0.6 is 23.2 Å². The maximum atomic E-state index is 13.7. The van der Waals surface area contributed by atoms with Gasteiger partial charge in [0.25, 0.3) is 5.91 Å². The number of rotatable bonds is 10. The summed E-state index contributed by atoms with van der Waals surface area (Å²) in [7, 11) is 0. The largest absolute Gasteiger partial charge is 0.416 e. The number of alkyl halides is 6. The number of hydrogen-bond acceptors (Lipinski definition) is 2. The minimum atomic E-state index is -5.08. The fourth-order valence-electron chi connectivity index (χ4n) is 4.78. The number of carbonyl (C=O) groups excluding carboxylic acids is 1. The molecule has 0 bridgehead atoms. The minimum Gasteiger partial charge on any atom is -0.361 e. The number of hydrogen-bond donors (Lipinski definition) is 3. The van der Waals surface area contributed by atoms with Crippen LogP contribution in [0.2, 0.25) is 10.0 Å². The zero-order valence-electron chi connectivity index (χ0n) is 22.6. The highest BCUT2D eigenvalue weighted by Gasteiger charge is 2.37. The van der Waals surface area contributed by atoms with Gasteiger partial charge in [0.2, 0.25) is 0 Å². The molecule has 0 fully saturated rings. The molecule has 1 aromatic heterocycles. The average molecular weight is 648 g/mol. The van der Waals surface area contributed by atoms with Gasteiger partial charge in [0.05, 0.1) is 21.2 Å². The average Bonchev–Trinajstić information content (AvgIpc) is 3.32. The molecule has 0 saturated heterocycles. The smallest absolute Gasteiger partial charge is 0.361 e. The van der Waals surface area contributed by atoms with Crippen LogP contribution < -0.4 is 10.6 Å². The van der Waals surface area contributed by atoms with Gasteiger partial charge in [-0.15, -0.1) is 0 Å². The van der Waals surface area contributed by atoms with Crippen LogP contribution in [0, 0.1) is 5.82 Å². The summed E-state index contributed by atoms with van der Waals surface area (Å²) in [6.45, 7) is 2.27. The predicted octanol–water partition coefficient (Wildman–Crippen LogP) is 8.78. The molecule has 4 rings (SSSR count). The summed E-state index contributed by atoms with van der Waals surface area (Å²) < 4.78 is 93.4. The first-order valence-electron chi connectivity index (χ1n) is 13.1. The second-order valence-electron chi connectivity index (χ2n) is 10.2. The van der Waals surface area contributed by atoms with Crippen molar-refractivity contribution >= 4 is 40.0 Å². The first-order valence-corrected chi connectivity index (χ1v) is 13.9. The second-order valence-corrected chi connectivity index (χ2v) is 11.0. The lowest BCUT2D eigenvalue weighted by Crippen LogP contribution is -2.33. The van der Waals surface area contributed by atoms with Crippen molar-refractivity contribution in [3.8, 4) is 0 Å². The lowest BCUT2D eigenvalue weighted by molar-refractivity contribution is -0.143. The standard InChI is InChI=1S/C30H26Cl2F7N3O/c1-16(8-20-15-41-27-5-3-23(33)13-24(20)27)40-7-6-18(17-2-4-25(31)26(32)11-17)14-42-28(43)19-9-21(29(34,35)36)12-22(10-19)30(37,38)39/h2-5,9-13,15-16,18,40-41H,6-8,14H2,1H3,(H,42,43). The van der Waals surface area contributed by atoms with E-state index < -0.39 is 40.9 Å². The molecule has 0 aliphatic carbocycles. The van der Waals surface area contributed by atoms with Gasteiger partial charge in [-0.25, -0.2) is 4.39 Å². The van der Waals surface area contributed by atoms with Gasteiger partial charge < -0.3 is 15.6 Å². The second kappa shape index (κ2) is 13.2. The molecular formula is C30H26Cl2F7N3O. The van der Waals surface area contributed by atoms with Crippen molar-refractivity contribution in [2.45, 2.75) is 44.1 Å². The van der Waals surface area contributed by atoms with Gasteiger partial charge in [-0.3, -0.25) is 4.79 Å². The molecule has 230 valence electrons. The summed E-state index contributed by atoms with van der Waals surface area (Å²) in [5.74, 6) is -1.86. The van der Waals surface area contributed by atoms with Gasteiger partial charge in [0.15, 0.2) is 0 Å². The van der Waals surface area contributed by atoms with Gasteiger partial charge >= 0.3 is 12.4 Å². The van der Waals surface area contributed by atoms with E-state index in [4.69, 9.17) is 23.2 Å². The number of H-pyrrole nitrogens is 1. The SMILES string of the molecule is CC(Cc1c[nH]c2ccc(F)cc12)NCCC(CNC(=O)c1cc(C(F)(F)F)cc(C(F)(F)F)c1)c1ccc(Cl)c(Cl)c1. The third-order valence-electron chi connectivity index (χ3n) is 7.02. The number of carbonyl (C=O) groups is 1. The fourth-order valence-corrected chi connectivity index (χ4v) is 5.09. The molecule has 4 nitrogen and oxygen atoms in total. The molecule has 0 aliphatic heterocycles. The van der Waals surface area contributed by atoms with Crippen LogP contribution in [0.3, 0.4) is 0 Å². The van der Waals surface area contributed by atoms with Gasteiger partial charge in [-0.05, 0) is 86.0 Å². The lowest BCUT2D eigenvalue weighted by Gasteiger charge is -2.21. The van der Waals surface area contributed by atoms with E-state index in [1.165, 1.54) is 12.1 Å². The van der Waals surface area contributed by atoms with Crippen molar-refractivity contribution in [2.75, 3.05) is 13.1 Å². The molecule has 2 unspecified atom stereocenters. The molecule has 3 N–H and O–H groups in total. The van der Waals surface area contributed by atoms with E-state index in [1.807, 2.05) is 13.1 Å². The topological polar surface area (TPSA) is 56.9 Å². The van der Waals surface area contributed by atoms with E-state index in [9.17, 15) is 35.5 Å². The Morgan fingerprint density at radius 1 is 0.907 bits per heavy atom. The molecule has 43 heavy (non-hydrogen) atoms. The Morgan fingerprint density at radius 2 is 1.58 bits per heavy atom. The fraction of sp³-hybridized carbons (Fsp3) is 0.300. The summed E-state index contributed by atoms with van der Waals surface area (Å²) in [6.07, 6.45) is -7.35. The van der Waals surface area contributed by atoms with Crippen LogP contribution in [0.25, 0.3) is 10.9 Å². The van der Waals surface area contributed by atoms with E-state index in [1.54, 1.807) is 24.3 Å². The van der Waals surface area contributed by atoms with Gasteiger partial charge in [-0.2, -0.15) is 26.3 Å². The Balaban J connectivity index is 1.46. The number of benzene rings is 3. The quantitative estimate of drug-likeness (QED) is 0.151. The van der Waals surface area contributed by atoms with Crippen LogP contribution in [-0.4, -0.2) is 30.0 Å². The van der Waals surface area contributed by atoms with Gasteiger partial charge in [0, 0.05) is 41.2 Å². The summed E-state index contributed by atoms with van der Waals surface area (Å²) >= 11 is 12.2. The third kappa shape index (κ3) is 8.43. The minimum absolute atomic E-state index is 0.0328. The summed E-state index contributed by atoms with van der Waals surface area (Å²) in [6, 6.07) is 10.0. The van der Waals surface area contributed by atoms with Gasteiger partial charge in [0.1, 0.15) is 5.82 Å². The van der Waals surface area contributed by atoms with Crippen molar-refractivity contribution in [3.63, 3.8) is 0 Å². The van der Waals surface area contributed by atoms with Crippen LogP contribution in [0.1, 0.15) is 51.9 Å². The van der Waals surface area contributed by atoms with E-state index in [0.717, 1.165) is 16.5 Å². The number of nitrogens with one attached hydrogen (secondary N) is 3. The van der Waals surface area contributed by atoms with Crippen molar-refractivity contribution in [2.24, 2.45) is 0 Å². The maximum Gasteiger partial charge on any atom is 0.416 e. The normalized spacial score (nSPS) is 13.7. The Bertz CT molecular complexity index is 1570. The number of amides is 1. The van der Waals surface area contributed by atoms with Crippen molar-refractivity contribution in [3.05, 3.63) is 104 Å². The Hall–Kier alpha value is -3.28. The Kier molecular flexibility index (Phi) is 9.98. The first-order chi connectivity index (χ1) is 20.1. The first kappa shape index (κ1) is 32.6. The molecule has 0 aliphatic rings. The molecule has 2 atom stereocenters. The summed E-state index contributed by atoms with van der Waals surface area (Å²) in [5, 5.41) is 7.14. The monoisotopic (exact) mass is 647 g/mol. The number of fused-ring (bicyclic) bond motifs is 1. The summed E-state index contributed by atoms with van der Waals surface area (Å²) in [5.41, 5.74) is -1.54. The highest BCUT2D eigenvalue weighted by molar-refractivity contribution is 6.42. The van der Waals surface area contributed by atoms with E-state index in [2.05, 4.69) is 15.6 Å². The predicted molar refractivity (Wildman–Crippen MR) is 152 cm³/mol. The maximum absolute atomic E-state index is 13.7. The van der Waals surface area contributed by atoms with E-state index >= 15 is 0 Å². The molecule has 0 spiro atoms. The molecule has 13 heteroatoms. The van der Waals surface area contributed by atoms with Crippen molar-refractivity contribution < 1.29 is 35.5 Å². The highest BCUT2D eigenvalue weighted by atomic mass is 35.5. The number of aromatic nitrogens is 1. The molecule has 0 saturated carbocycles. The Labute approximate surface area is 252 Å². The van der Waals surface area contributed by atoms with Crippen LogP contribution in [0.4, 0.5) is 30.7 Å². The Morgan fingerprint density at radius 3 is 2.21 bits per heavy atom. The van der Waals surface area contributed by atoms with E-state index in [-0.39, 0.29) is 29.5 Å². The van der Waals surface area contributed by atoms with E-state index in [0.29, 0.717) is 42.1 Å². The molecule has 3 aromatic carbocycles. The zero-order valence-corrected chi connectivity index (χ0v) is 24.1. The van der Waals surface area contributed by atoms with Crippen molar-refractivity contribution in [1.82, 2.24) is 15.6 Å². The molecule has 0 radical (unpaired) electrons. The van der Waals surface area contributed by atoms with Crippen LogP contribution in [0.15, 0.2) is 60.8 Å². The summed E-state index contributed by atoms with van der Waals surface area (Å²) in [4.78, 5) is 15.9. The van der Waals surface area contributed by atoms with Gasteiger partial charge in [-0.1, -0.05) is 29.3 Å². The third-order valence-corrected chi connectivity index (χ3v) is 7.75. The highest BCUT2D eigenvalue weighted by Crippen LogP contribution is 2.36. The number of aromatic amines is 1.